The van der Waals surface area contributed by atoms with Crippen LogP contribution >= 0.6 is 7.82 Å². The van der Waals surface area contributed by atoms with E-state index in [2.05, 4.69) is 13.0 Å². The Morgan fingerprint density at radius 1 is 1.12 bits per heavy atom. The van der Waals surface area contributed by atoms with Crippen LogP contribution in [0.2, 0.25) is 0 Å². The topological polar surface area (TPSA) is 77.8 Å². The van der Waals surface area contributed by atoms with Crippen LogP contribution in [0.3, 0.4) is 0 Å². The van der Waals surface area contributed by atoms with Gasteiger partial charge in [-0.2, -0.15) is 5.26 Å². The van der Waals surface area contributed by atoms with Crippen LogP contribution in [0.1, 0.15) is 85.0 Å². The monoisotopic (exact) mass is 389 g/mol. The minimum atomic E-state index is -3.44. The van der Waals surface area contributed by atoms with Gasteiger partial charge >= 0.3 is 7.82 Å². The van der Waals surface area contributed by atoms with Crippen LogP contribution in [0.4, 0.5) is 0 Å². The molecule has 1 aliphatic heterocycles. The highest BCUT2D eigenvalue weighted by Crippen LogP contribution is 2.49. The van der Waals surface area contributed by atoms with Crippen molar-refractivity contribution in [1.82, 2.24) is 0 Å². The first kappa shape index (κ1) is 23.6. The third kappa shape index (κ3) is 8.50. The number of hydrogen-bond donors (Lipinski definition) is 0. The predicted octanol–water partition coefficient (Wildman–Crippen LogP) is 5.77. The average Bonchev–Trinajstić information content (AvgIpc) is 2.62. The van der Waals surface area contributed by atoms with Crippen molar-refractivity contribution in [3.05, 3.63) is 0 Å². The molecule has 0 spiro atoms. The van der Waals surface area contributed by atoms with Gasteiger partial charge in [-0.3, -0.25) is 13.6 Å². The van der Waals surface area contributed by atoms with Gasteiger partial charge in [-0.1, -0.05) is 26.2 Å². The van der Waals surface area contributed by atoms with E-state index < -0.39 is 13.4 Å². The van der Waals surface area contributed by atoms with Gasteiger partial charge in [0.15, 0.2) is 5.60 Å². The molecule has 26 heavy (non-hydrogen) atoms. The van der Waals surface area contributed by atoms with Crippen molar-refractivity contribution >= 4 is 7.82 Å². The van der Waals surface area contributed by atoms with Crippen molar-refractivity contribution < 1.29 is 22.9 Å². The molecular formula is C19H36NO5P. The molecule has 152 valence electrons. The summed E-state index contributed by atoms with van der Waals surface area (Å²) in [6.07, 6.45) is 9.91. The summed E-state index contributed by atoms with van der Waals surface area (Å²) in [7, 11) is -3.44. The molecule has 1 aliphatic rings. The molecule has 6 nitrogen and oxygen atoms in total. The van der Waals surface area contributed by atoms with E-state index in [-0.39, 0.29) is 19.3 Å². The molecule has 0 radical (unpaired) electrons. The Balaban J connectivity index is 2.36. The summed E-state index contributed by atoms with van der Waals surface area (Å²) < 4.78 is 34.0. The number of ether oxygens (including phenoxy) is 1. The summed E-state index contributed by atoms with van der Waals surface area (Å²) in [5.74, 6) is 0. The quantitative estimate of drug-likeness (QED) is 0.277. The summed E-state index contributed by atoms with van der Waals surface area (Å²) in [5, 5.41) is 9.67. The predicted molar refractivity (Wildman–Crippen MR) is 102 cm³/mol. The standard InChI is InChI=1S/C19H36NO5P/c1-4-7-8-12-18-13-11-15-19(17-20,25-18)14-9-10-16-24-26(21,22-5-2)23-6-3/h18H,4-16H2,1-3H3/t18-,19+/m0/s1. The number of phosphoric ester groups is 1. The van der Waals surface area contributed by atoms with Gasteiger partial charge in [0, 0.05) is 0 Å². The van der Waals surface area contributed by atoms with Gasteiger partial charge in [0.1, 0.15) is 0 Å². The Morgan fingerprint density at radius 2 is 1.85 bits per heavy atom. The number of rotatable bonds is 14. The highest BCUT2D eigenvalue weighted by atomic mass is 31.2. The van der Waals surface area contributed by atoms with Crippen LogP contribution in [0, 0.1) is 11.3 Å². The second kappa shape index (κ2) is 12.9. The maximum absolute atomic E-state index is 12.2. The SMILES string of the molecule is CCCCC[C@H]1CCC[C@@](C#N)(CCCCOP(=O)(OCC)OCC)O1. The number of nitriles is 1. The lowest BCUT2D eigenvalue weighted by atomic mass is 9.87. The summed E-state index contributed by atoms with van der Waals surface area (Å²) in [6.45, 7) is 6.55. The summed E-state index contributed by atoms with van der Waals surface area (Å²) in [4.78, 5) is 0. The highest BCUT2D eigenvalue weighted by Gasteiger charge is 2.36. The molecule has 0 amide bonds. The third-order valence-electron chi connectivity index (χ3n) is 4.63. The van der Waals surface area contributed by atoms with Crippen LogP contribution in [-0.2, 0) is 22.9 Å². The van der Waals surface area contributed by atoms with Crippen LogP contribution in [0.5, 0.6) is 0 Å². The van der Waals surface area contributed by atoms with Gasteiger partial charge in [-0.25, -0.2) is 4.57 Å². The van der Waals surface area contributed by atoms with Gasteiger partial charge in [-0.15, -0.1) is 0 Å². The van der Waals surface area contributed by atoms with Gasteiger partial charge < -0.3 is 4.74 Å². The molecule has 2 atom stereocenters. The molecule has 1 saturated heterocycles. The zero-order valence-corrected chi connectivity index (χ0v) is 17.6. The van der Waals surface area contributed by atoms with Gasteiger partial charge in [0.05, 0.1) is 32.0 Å². The van der Waals surface area contributed by atoms with Gasteiger partial charge in [0.25, 0.3) is 0 Å². The molecular weight excluding hydrogens is 353 g/mol. The molecule has 1 rings (SSSR count). The zero-order chi connectivity index (χ0) is 19.3. The van der Waals surface area contributed by atoms with Crippen molar-refractivity contribution in [2.75, 3.05) is 19.8 Å². The maximum atomic E-state index is 12.2. The minimum Gasteiger partial charge on any atom is -0.357 e. The normalized spacial score (nSPS) is 23.7. The lowest BCUT2D eigenvalue weighted by molar-refractivity contribution is -0.102. The van der Waals surface area contributed by atoms with E-state index in [1.54, 1.807) is 13.8 Å². The summed E-state index contributed by atoms with van der Waals surface area (Å²) in [6, 6.07) is 2.42. The van der Waals surface area contributed by atoms with E-state index >= 15 is 0 Å². The van der Waals surface area contributed by atoms with E-state index in [4.69, 9.17) is 18.3 Å². The average molecular weight is 389 g/mol. The Morgan fingerprint density at radius 3 is 2.46 bits per heavy atom. The molecule has 1 fully saturated rings. The fourth-order valence-corrected chi connectivity index (χ4v) is 4.53. The van der Waals surface area contributed by atoms with E-state index in [9.17, 15) is 9.83 Å². The molecule has 0 unspecified atom stereocenters. The van der Waals surface area contributed by atoms with Crippen molar-refractivity contribution in [3.63, 3.8) is 0 Å². The third-order valence-corrected chi connectivity index (χ3v) is 6.28. The lowest BCUT2D eigenvalue weighted by Gasteiger charge is -2.36. The number of phosphoric acid groups is 1. The molecule has 7 heteroatoms. The van der Waals surface area contributed by atoms with Crippen molar-refractivity contribution in [3.8, 4) is 6.07 Å². The van der Waals surface area contributed by atoms with Crippen molar-refractivity contribution in [2.45, 2.75) is 96.7 Å². The van der Waals surface area contributed by atoms with Crippen molar-refractivity contribution in [1.29, 1.82) is 5.26 Å². The number of hydrogen-bond acceptors (Lipinski definition) is 6. The first-order chi connectivity index (χ1) is 12.5. The van der Waals surface area contributed by atoms with E-state index in [0.29, 0.717) is 19.4 Å². The Kier molecular flexibility index (Phi) is 11.7. The molecule has 0 bridgehead atoms. The molecule has 0 aliphatic carbocycles. The first-order valence-electron chi connectivity index (χ1n) is 10.2. The second-order valence-electron chi connectivity index (χ2n) is 6.81. The molecule has 0 aromatic rings. The Hall–Kier alpha value is -0.440. The highest BCUT2D eigenvalue weighted by molar-refractivity contribution is 7.48. The van der Waals surface area contributed by atoms with Gasteiger partial charge in [0.2, 0.25) is 0 Å². The zero-order valence-electron chi connectivity index (χ0n) is 16.7. The summed E-state index contributed by atoms with van der Waals surface area (Å²) in [5.41, 5.74) is -0.668. The molecule has 1 heterocycles. The maximum Gasteiger partial charge on any atom is 0.474 e. The number of nitrogens with zero attached hydrogens (tertiary/aromatic N) is 1. The lowest BCUT2D eigenvalue weighted by Crippen LogP contribution is -2.39. The fourth-order valence-electron chi connectivity index (χ4n) is 3.32. The van der Waals surface area contributed by atoms with Gasteiger partial charge in [-0.05, 0) is 58.8 Å². The summed E-state index contributed by atoms with van der Waals surface area (Å²) >= 11 is 0. The molecule has 0 saturated carbocycles. The molecule has 0 aromatic carbocycles. The largest absolute Gasteiger partial charge is 0.474 e. The van der Waals surface area contributed by atoms with Crippen LogP contribution in [-0.4, -0.2) is 31.5 Å². The smallest absolute Gasteiger partial charge is 0.357 e. The van der Waals surface area contributed by atoms with Crippen LogP contribution < -0.4 is 0 Å². The van der Waals surface area contributed by atoms with E-state index in [1.165, 1.54) is 19.3 Å². The minimum absolute atomic E-state index is 0.210. The second-order valence-corrected chi connectivity index (χ2v) is 8.48. The van der Waals surface area contributed by atoms with Crippen molar-refractivity contribution in [2.24, 2.45) is 0 Å². The fraction of sp³-hybridized carbons (Fsp3) is 0.947. The Bertz CT molecular complexity index is 457. The first-order valence-corrected chi connectivity index (χ1v) is 11.6. The van der Waals surface area contributed by atoms with Crippen LogP contribution in [0.15, 0.2) is 0 Å². The number of unbranched alkanes of at least 4 members (excludes halogenated alkanes) is 3. The molecule has 0 N–H and O–H groups in total. The van der Waals surface area contributed by atoms with Crippen LogP contribution in [0.25, 0.3) is 0 Å². The van der Waals surface area contributed by atoms with E-state index in [0.717, 1.165) is 32.1 Å². The molecule has 0 aromatic heterocycles. The Labute approximate surface area is 159 Å². The van der Waals surface area contributed by atoms with E-state index in [1.807, 2.05) is 0 Å².